The second-order valence-corrected chi connectivity index (χ2v) is 6.66. The third-order valence-electron chi connectivity index (χ3n) is 3.21. The molecule has 0 amide bonds. The van der Waals surface area contributed by atoms with Crippen LogP contribution in [0.15, 0.2) is 0 Å². The van der Waals surface area contributed by atoms with Gasteiger partial charge >= 0.3 is 5.97 Å². The lowest BCUT2D eigenvalue weighted by Crippen LogP contribution is -2.50. The van der Waals surface area contributed by atoms with Crippen LogP contribution in [0.5, 0.6) is 0 Å². The minimum Gasteiger partial charge on any atom is -0.469 e. The molecule has 0 spiro atoms. The standard InChI is InChI=1S/C11H23N3O4S.ClH/c1-9-8-10(4-6-12-9)13-19(16,17)14(2)7-5-11(15)18-3;/h9-10,12-13H,4-8H2,1-3H3;1H. The molecule has 9 heteroatoms. The van der Waals surface area contributed by atoms with Crippen LogP contribution < -0.4 is 10.0 Å². The number of methoxy groups -OCH3 is 1. The number of hydrogen-bond acceptors (Lipinski definition) is 5. The number of nitrogens with one attached hydrogen (secondary N) is 2. The molecular formula is C11H24ClN3O4S. The summed E-state index contributed by atoms with van der Waals surface area (Å²) in [5.41, 5.74) is 0. The fraction of sp³-hybridized carbons (Fsp3) is 0.909. The molecule has 1 heterocycles. The van der Waals surface area contributed by atoms with Gasteiger partial charge < -0.3 is 10.1 Å². The molecular weight excluding hydrogens is 306 g/mol. The molecule has 0 saturated carbocycles. The number of hydrogen-bond donors (Lipinski definition) is 2. The van der Waals surface area contributed by atoms with Gasteiger partial charge in [0.2, 0.25) is 0 Å². The monoisotopic (exact) mass is 329 g/mol. The van der Waals surface area contributed by atoms with Crippen molar-refractivity contribution >= 4 is 28.6 Å². The fourth-order valence-corrected chi connectivity index (χ4v) is 3.16. The molecule has 0 aromatic heterocycles. The van der Waals surface area contributed by atoms with Gasteiger partial charge in [-0.1, -0.05) is 0 Å². The maximum Gasteiger partial charge on any atom is 0.306 e. The Balaban J connectivity index is 0.00000361. The molecule has 20 heavy (non-hydrogen) atoms. The summed E-state index contributed by atoms with van der Waals surface area (Å²) < 4.78 is 32.4. The molecule has 1 saturated heterocycles. The molecule has 2 unspecified atom stereocenters. The molecule has 7 nitrogen and oxygen atoms in total. The highest BCUT2D eigenvalue weighted by Crippen LogP contribution is 2.10. The third kappa shape index (κ3) is 6.36. The maximum absolute atomic E-state index is 12.0. The molecule has 0 aliphatic carbocycles. The van der Waals surface area contributed by atoms with Crippen LogP contribution in [0.3, 0.4) is 0 Å². The van der Waals surface area contributed by atoms with Crippen molar-refractivity contribution in [3.05, 3.63) is 0 Å². The van der Waals surface area contributed by atoms with Crippen LogP contribution in [-0.4, -0.2) is 58.0 Å². The highest BCUT2D eigenvalue weighted by molar-refractivity contribution is 7.87. The summed E-state index contributed by atoms with van der Waals surface area (Å²) in [5.74, 6) is -0.419. The zero-order chi connectivity index (χ0) is 14.5. The Morgan fingerprint density at radius 1 is 1.50 bits per heavy atom. The van der Waals surface area contributed by atoms with Crippen LogP contribution >= 0.6 is 12.4 Å². The van der Waals surface area contributed by atoms with Crippen LogP contribution in [0.1, 0.15) is 26.2 Å². The third-order valence-corrected chi connectivity index (χ3v) is 4.84. The van der Waals surface area contributed by atoms with E-state index in [1.165, 1.54) is 14.2 Å². The van der Waals surface area contributed by atoms with Crippen LogP contribution in [-0.2, 0) is 19.7 Å². The lowest BCUT2D eigenvalue weighted by Gasteiger charge is -2.30. The lowest BCUT2D eigenvalue weighted by atomic mass is 10.0. The molecule has 1 aliphatic rings. The minimum atomic E-state index is -3.54. The Morgan fingerprint density at radius 2 is 2.15 bits per heavy atom. The normalized spacial score (nSPS) is 23.2. The van der Waals surface area contributed by atoms with Crippen LogP contribution in [0.25, 0.3) is 0 Å². The number of esters is 1. The first kappa shape index (κ1) is 19.6. The summed E-state index contributed by atoms with van der Waals surface area (Å²) in [6, 6.07) is 0.253. The predicted molar refractivity (Wildman–Crippen MR) is 79.1 cm³/mol. The van der Waals surface area contributed by atoms with E-state index in [1.807, 2.05) is 6.92 Å². The van der Waals surface area contributed by atoms with Crippen LogP contribution in [0.4, 0.5) is 0 Å². The Labute approximate surface area is 127 Å². The topological polar surface area (TPSA) is 87.7 Å². The Morgan fingerprint density at radius 3 is 2.70 bits per heavy atom. The van der Waals surface area contributed by atoms with E-state index in [0.29, 0.717) is 6.04 Å². The van der Waals surface area contributed by atoms with E-state index >= 15 is 0 Å². The second-order valence-electron chi connectivity index (χ2n) is 4.85. The van der Waals surface area contributed by atoms with Gasteiger partial charge in [-0.3, -0.25) is 4.79 Å². The first-order valence-corrected chi connectivity index (χ1v) is 7.83. The summed E-state index contributed by atoms with van der Waals surface area (Å²) in [5, 5.41) is 3.27. The van der Waals surface area contributed by atoms with Crippen molar-refractivity contribution < 1.29 is 17.9 Å². The molecule has 0 aromatic carbocycles. The number of carbonyl (C=O) groups is 1. The lowest BCUT2D eigenvalue weighted by molar-refractivity contribution is -0.140. The summed E-state index contributed by atoms with van der Waals surface area (Å²) in [6.07, 6.45) is 1.59. The molecule has 0 aromatic rings. The number of piperidine rings is 1. The number of halogens is 1. The maximum atomic E-state index is 12.0. The summed E-state index contributed by atoms with van der Waals surface area (Å²) in [6.45, 7) is 2.95. The number of ether oxygens (including phenoxy) is 1. The van der Waals surface area contributed by atoms with Gasteiger partial charge in [0, 0.05) is 25.7 Å². The Bertz CT molecular complexity index is 404. The SMILES string of the molecule is COC(=O)CCN(C)S(=O)(=O)NC1CCNC(C)C1.Cl. The van der Waals surface area contributed by atoms with E-state index in [-0.39, 0.29) is 31.4 Å². The first-order chi connectivity index (χ1) is 8.85. The zero-order valence-electron chi connectivity index (χ0n) is 12.1. The zero-order valence-corrected chi connectivity index (χ0v) is 13.7. The van der Waals surface area contributed by atoms with E-state index in [1.54, 1.807) is 0 Å². The van der Waals surface area contributed by atoms with Crippen molar-refractivity contribution in [1.29, 1.82) is 0 Å². The largest absolute Gasteiger partial charge is 0.469 e. The highest BCUT2D eigenvalue weighted by Gasteiger charge is 2.26. The molecule has 0 radical (unpaired) electrons. The van der Waals surface area contributed by atoms with Gasteiger partial charge in [0.25, 0.3) is 10.2 Å². The molecule has 1 fully saturated rings. The minimum absolute atomic E-state index is 0. The summed E-state index contributed by atoms with van der Waals surface area (Å²) in [7, 11) is -0.802. The van der Waals surface area contributed by atoms with Gasteiger partial charge in [0.1, 0.15) is 0 Å². The molecule has 120 valence electrons. The molecule has 2 atom stereocenters. The van der Waals surface area contributed by atoms with Crippen molar-refractivity contribution in [2.75, 3.05) is 27.2 Å². The van der Waals surface area contributed by atoms with E-state index in [0.717, 1.165) is 23.7 Å². The summed E-state index contributed by atoms with van der Waals surface area (Å²) in [4.78, 5) is 11.0. The number of rotatable bonds is 6. The van der Waals surface area contributed by atoms with Crippen LogP contribution in [0, 0.1) is 0 Å². The van der Waals surface area contributed by atoms with Crippen molar-refractivity contribution in [3.8, 4) is 0 Å². The van der Waals surface area contributed by atoms with Crippen molar-refractivity contribution in [3.63, 3.8) is 0 Å². The Hall–Kier alpha value is -0.410. The molecule has 1 aliphatic heterocycles. The van der Waals surface area contributed by atoms with E-state index in [4.69, 9.17) is 0 Å². The first-order valence-electron chi connectivity index (χ1n) is 6.39. The smallest absolute Gasteiger partial charge is 0.306 e. The van der Waals surface area contributed by atoms with Gasteiger partial charge in [0.15, 0.2) is 0 Å². The predicted octanol–water partition coefficient (Wildman–Crippen LogP) is -0.122. The average Bonchev–Trinajstić information content (AvgIpc) is 2.34. The van der Waals surface area contributed by atoms with Gasteiger partial charge in [-0.15, -0.1) is 12.4 Å². The van der Waals surface area contributed by atoms with E-state index in [9.17, 15) is 13.2 Å². The molecule has 0 bridgehead atoms. The van der Waals surface area contributed by atoms with Crippen molar-refractivity contribution in [1.82, 2.24) is 14.3 Å². The fourth-order valence-electron chi connectivity index (χ4n) is 2.01. The van der Waals surface area contributed by atoms with Gasteiger partial charge in [-0.25, -0.2) is 0 Å². The van der Waals surface area contributed by atoms with Gasteiger partial charge in [0.05, 0.1) is 13.5 Å². The molecule has 1 rings (SSSR count). The van der Waals surface area contributed by atoms with E-state index in [2.05, 4.69) is 14.8 Å². The summed E-state index contributed by atoms with van der Waals surface area (Å²) >= 11 is 0. The second kappa shape index (κ2) is 8.78. The van der Waals surface area contributed by atoms with Crippen LogP contribution in [0.2, 0.25) is 0 Å². The molecule has 2 N–H and O–H groups in total. The average molecular weight is 330 g/mol. The van der Waals surface area contributed by atoms with E-state index < -0.39 is 16.2 Å². The van der Waals surface area contributed by atoms with Crippen molar-refractivity contribution in [2.24, 2.45) is 0 Å². The van der Waals surface area contributed by atoms with Gasteiger partial charge in [-0.05, 0) is 26.3 Å². The quantitative estimate of drug-likeness (QED) is 0.663. The number of nitrogens with zero attached hydrogens (tertiary/aromatic N) is 1. The van der Waals surface area contributed by atoms with Crippen molar-refractivity contribution in [2.45, 2.75) is 38.3 Å². The highest BCUT2D eigenvalue weighted by atomic mass is 35.5. The van der Waals surface area contributed by atoms with Gasteiger partial charge in [-0.2, -0.15) is 17.4 Å². The Kier molecular flexibility index (Phi) is 8.60. The number of carbonyl (C=O) groups excluding carboxylic acids is 1.